The summed E-state index contributed by atoms with van der Waals surface area (Å²) < 4.78 is 1.90. The number of hydrogen-bond acceptors (Lipinski definition) is 2. The van der Waals surface area contributed by atoms with Crippen molar-refractivity contribution in [1.29, 1.82) is 0 Å². The van der Waals surface area contributed by atoms with Crippen molar-refractivity contribution in [2.45, 2.75) is 13.3 Å². The highest BCUT2D eigenvalue weighted by atomic mass is 35.5. The lowest BCUT2D eigenvalue weighted by molar-refractivity contribution is 0.875. The van der Waals surface area contributed by atoms with E-state index in [1.165, 1.54) is 0 Å². The van der Waals surface area contributed by atoms with Gasteiger partial charge in [0, 0.05) is 22.7 Å². The zero-order chi connectivity index (χ0) is 16.8. The van der Waals surface area contributed by atoms with E-state index in [9.17, 15) is 0 Å². The van der Waals surface area contributed by atoms with Crippen molar-refractivity contribution >= 4 is 40.6 Å². The molecule has 2 aromatic carbocycles. The minimum Gasteiger partial charge on any atom is -0.369 e. The zero-order valence-electron chi connectivity index (χ0n) is 12.9. The normalized spacial score (nSPS) is 13.0. The van der Waals surface area contributed by atoms with Gasteiger partial charge in [-0.05, 0) is 43.2 Å². The van der Waals surface area contributed by atoms with Gasteiger partial charge >= 0.3 is 0 Å². The first-order chi connectivity index (χ1) is 11.6. The van der Waals surface area contributed by atoms with E-state index in [0.29, 0.717) is 15.1 Å². The van der Waals surface area contributed by atoms with E-state index in [2.05, 4.69) is 5.32 Å². The maximum absolute atomic E-state index is 6.40. The van der Waals surface area contributed by atoms with Crippen molar-refractivity contribution in [1.82, 2.24) is 9.78 Å². The molecular formula is C18H14Cl3N3. The SMILES string of the molecule is Cc1ccc(Cl)cc1-n1nc(-c2c(Cl)cccc2Cl)c2c1NCC2. The number of fused-ring (bicyclic) bond motifs is 1. The first-order valence-corrected chi connectivity index (χ1v) is 8.76. The lowest BCUT2D eigenvalue weighted by Crippen LogP contribution is -2.05. The highest BCUT2D eigenvalue weighted by molar-refractivity contribution is 6.39. The average Bonchev–Trinajstić information content (AvgIpc) is 3.13. The highest BCUT2D eigenvalue weighted by Gasteiger charge is 2.26. The lowest BCUT2D eigenvalue weighted by Gasteiger charge is -2.10. The molecule has 2 heterocycles. The number of benzene rings is 2. The van der Waals surface area contributed by atoms with Gasteiger partial charge in [-0.1, -0.05) is 46.9 Å². The highest BCUT2D eigenvalue weighted by Crippen LogP contribution is 2.41. The molecule has 24 heavy (non-hydrogen) atoms. The summed E-state index contributed by atoms with van der Waals surface area (Å²) in [6.07, 6.45) is 0.881. The number of rotatable bonds is 2. The van der Waals surface area contributed by atoms with Gasteiger partial charge in [-0.3, -0.25) is 0 Å². The summed E-state index contributed by atoms with van der Waals surface area (Å²) in [5.74, 6) is 0.978. The number of nitrogens with zero attached hydrogens (tertiary/aromatic N) is 2. The monoisotopic (exact) mass is 377 g/mol. The van der Waals surface area contributed by atoms with Gasteiger partial charge in [0.2, 0.25) is 0 Å². The molecule has 6 heteroatoms. The summed E-state index contributed by atoms with van der Waals surface area (Å²) in [6, 6.07) is 11.3. The standard InChI is InChI=1S/C18H14Cl3N3/c1-10-5-6-11(19)9-15(10)24-18-12(7-8-22-18)17(23-24)16-13(20)3-2-4-14(16)21/h2-6,9,22H,7-8H2,1H3. The van der Waals surface area contributed by atoms with Crippen LogP contribution in [0.3, 0.4) is 0 Å². The number of aromatic nitrogens is 2. The van der Waals surface area contributed by atoms with Gasteiger partial charge in [0.05, 0.1) is 15.7 Å². The van der Waals surface area contributed by atoms with Gasteiger partial charge in [-0.15, -0.1) is 0 Å². The van der Waals surface area contributed by atoms with Crippen molar-refractivity contribution < 1.29 is 0 Å². The predicted octanol–water partition coefficient (Wildman–Crippen LogP) is 5.78. The molecule has 0 saturated carbocycles. The molecule has 0 aliphatic carbocycles. The Balaban J connectivity index is 1.98. The molecule has 0 amide bonds. The molecule has 4 rings (SSSR count). The Hall–Kier alpha value is -1.68. The van der Waals surface area contributed by atoms with Gasteiger partial charge in [0.1, 0.15) is 11.5 Å². The molecule has 0 atom stereocenters. The topological polar surface area (TPSA) is 29.9 Å². The molecule has 1 aliphatic rings. The number of halogens is 3. The maximum Gasteiger partial charge on any atom is 0.133 e. The van der Waals surface area contributed by atoms with Crippen LogP contribution in [-0.2, 0) is 6.42 Å². The van der Waals surface area contributed by atoms with Crippen molar-refractivity contribution in [3.05, 3.63) is 62.6 Å². The molecule has 0 spiro atoms. The average molecular weight is 379 g/mol. The van der Waals surface area contributed by atoms with Crippen LogP contribution >= 0.6 is 34.8 Å². The van der Waals surface area contributed by atoms with E-state index in [0.717, 1.165) is 46.9 Å². The molecule has 0 radical (unpaired) electrons. The molecule has 0 bridgehead atoms. The first-order valence-electron chi connectivity index (χ1n) is 7.63. The molecule has 0 unspecified atom stereocenters. The molecule has 1 aromatic heterocycles. The number of aryl methyl sites for hydroxylation is 1. The van der Waals surface area contributed by atoms with Crippen molar-refractivity contribution in [3.8, 4) is 16.9 Å². The maximum atomic E-state index is 6.40. The van der Waals surface area contributed by atoms with Crippen molar-refractivity contribution in [2.24, 2.45) is 0 Å². The summed E-state index contributed by atoms with van der Waals surface area (Å²) in [5, 5.41) is 10.1. The molecule has 0 saturated heterocycles. The van der Waals surface area contributed by atoms with Crippen LogP contribution in [0.25, 0.3) is 16.9 Å². The second-order valence-electron chi connectivity index (χ2n) is 5.79. The van der Waals surface area contributed by atoms with E-state index in [1.807, 2.05) is 48.0 Å². The van der Waals surface area contributed by atoms with Crippen LogP contribution in [0.1, 0.15) is 11.1 Å². The van der Waals surface area contributed by atoms with Crippen LogP contribution in [0.15, 0.2) is 36.4 Å². The van der Waals surface area contributed by atoms with Crippen molar-refractivity contribution in [2.75, 3.05) is 11.9 Å². The second kappa shape index (κ2) is 5.99. The van der Waals surface area contributed by atoms with Crippen LogP contribution in [0.5, 0.6) is 0 Å². The third-order valence-corrected chi connectivity index (χ3v) is 5.11. The summed E-state index contributed by atoms with van der Waals surface area (Å²) >= 11 is 19.0. The lowest BCUT2D eigenvalue weighted by atomic mass is 10.1. The van der Waals surface area contributed by atoms with Crippen LogP contribution in [0, 0.1) is 6.92 Å². The fourth-order valence-electron chi connectivity index (χ4n) is 3.08. The smallest absolute Gasteiger partial charge is 0.133 e. The Morgan fingerprint density at radius 1 is 1.08 bits per heavy atom. The zero-order valence-corrected chi connectivity index (χ0v) is 15.2. The Bertz CT molecular complexity index is 927. The summed E-state index contributed by atoms with van der Waals surface area (Å²) in [7, 11) is 0. The van der Waals surface area contributed by atoms with E-state index in [4.69, 9.17) is 39.9 Å². The molecule has 0 fully saturated rings. The Kier molecular flexibility index (Phi) is 3.95. The largest absolute Gasteiger partial charge is 0.369 e. The van der Waals surface area contributed by atoms with E-state index in [1.54, 1.807) is 0 Å². The molecule has 1 N–H and O–H groups in total. The van der Waals surface area contributed by atoms with Gasteiger partial charge < -0.3 is 5.32 Å². The minimum absolute atomic E-state index is 0.602. The van der Waals surface area contributed by atoms with Crippen LogP contribution in [0.4, 0.5) is 5.82 Å². The molecule has 3 nitrogen and oxygen atoms in total. The molecule has 122 valence electrons. The van der Waals surface area contributed by atoms with E-state index in [-0.39, 0.29) is 0 Å². The Morgan fingerprint density at radius 3 is 2.58 bits per heavy atom. The van der Waals surface area contributed by atoms with E-state index < -0.39 is 0 Å². The predicted molar refractivity (Wildman–Crippen MR) is 101 cm³/mol. The third kappa shape index (κ3) is 2.48. The minimum atomic E-state index is 0.602. The van der Waals surface area contributed by atoms with Gasteiger partial charge in [-0.25, -0.2) is 4.68 Å². The van der Waals surface area contributed by atoms with Gasteiger partial charge in [0.15, 0.2) is 0 Å². The van der Waals surface area contributed by atoms with E-state index >= 15 is 0 Å². The fourth-order valence-corrected chi connectivity index (χ4v) is 3.83. The molecule has 1 aliphatic heterocycles. The summed E-state index contributed by atoms with van der Waals surface area (Å²) in [5.41, 5.74) is 4.77. The summed E-state index contributed by atoms with van der Waals surface area (Å²) in [4.78, 5) is 0. The first kappa shape index (κ1) is 15.8. The van der Waals surface area contributed by atoms with Crippen LogP contribution in [-0.4, -0.2) is 16.3 Å². The number of anilines is 1. The van der Waals surface area contributed by atoms with Gasteiger partial charge in [0.25, 0.3) is 0 Å². The van der Waals surface area contributed by atoms with Crippen LogP contribution in [0.2, 0.25) is 15.1 Å². The van der Waals surface area contributed by atoms with Crippen LogP contribution < -0.4 is 5.32 Å². The van der Waals surface area contributed by atoms with Crippen molar-refractivity contribution in [3.63, 3.8) is 0 Å². The molecular weight excluding hydrogens is 365 g/mol. The second-order valence-corrected chi connectivity index (χ2v) is 7.04. The quantitative estimate of drug-likeness (QED) is 0.613. The van der Waals surface area contributed by atoms with Gasteiger partial charge in [-0.2, -0.15) is 5.10 Å². The Morgan fingerprint density at radius 2 is 1.83 bits per heavy atom. The third-order valence-electron chi connectivity index (χ3n) is 4.25. The molecule has 3 aromatic rings. The number of hydrogen-bond donors (Lipinski definition) is 1. The fraction of sp³-hybridized carbons (Fsp3) is 0.167. The summed E-state index contributed by atoms with van der Waals surface area (Å²) in [6.45, 7) is 2.90. The number of nitrogens with one attached hydrogen (secondary N) is 1. The Labute approximate surface area is 155 Å².